The number of benzene rings is 3. The fourth-order valence-corrected chi connectivity index (χ4v) is 3.70. The Morgan fingerprint density at radius 3 is 2.38 bits per heavy atom. The molecule has 0 unspecified atom stereocenters. The molecule has 3 aromatic carbocycles. The average Bonchev–Trinajstić information content (AvgIpc) is 3.17. The number of H-pyrrole nitrogens is 1. The Bertz CT molecular complexity index is 1160. The average molecular weight is 447 g/mol. The number of hydrogen-bond donors (Lipinski definition) is 2. The predicted molar refractivity (Wildman–Crippen MR) is 120 cm³/mol. The molecule has 0 aliphatic rings. The van der Waals surface area contributed by atoms with Crippen LogP contribution in [0.4, 0.5) is 5.69 Å². The second-order valence-electron chi connectivity index (χ2n) is 6.79. The van der Waals surface area contributed by atoms with Crippen LogP contribution >= 0.6 is 15.9 Å². The van der Waals surface area contributed by atoms with Gasteiger partial charge >= 0.3 is 5.97 Å². The summed E-state index contributed by atoms with van der Waals surface area (Å²) in [5.41, 5.74) is 4.15. The summed E-state index contributed by atoms with van der Waals surface area (Å²) in [5.74, 6) is -1.57. The van der Waals surface area contributed by atoms with Crippen molar-refractivity contribution in [3.8, 4) is 0 Å². The van der Waals surface area contributed by atoms with Gasteiger partial charge in [0, 0.05) is 33.7 Å². The zero-order chi connectivity index (χ0) is 20.2. The molecule has 144 valence electrons. The summed E-state index contributed by atoms with van der Waals surface area (Å²) in [7, 11) is 0. The zero-order valence-electron chi connectivity index (χ0n) is 15.5. The second-order valence-corrected chi connectivity index (χ2v) is 7.70. The number of para-hydroxylation sites is 1. The quantitative estimate of drug-likeness (QED) is 0.340. The van der Waals surface area contributed by atoms with Crippen LogP contribution in [0.3, 0.4) is 0 Å². The third-order valence-electron chi connectivity index (χ3n) is 4.89. The maximum atomic E-state index is 12.2. The number of aliphatic carboxylic acids is 1. The molecule has 29 heavy (non-hydrogen) atoms. The van der Waals surface area contributed by atoms with E-state index in [0.717, 1.165) is 37.9 Å². The van der Waals surface area contributed by atoms with Crippen LogP contribution in [0.1, 0.15) is 23.5 Å². The van der Waals surface area contributed by atoms with Crippen molar-refractivity contribution in [3.05, 3.63) is 101 Å². The number of nitrogens with one attached hydrogen (secondary N) is 1. The number of aromatic nitrogens is 1. The van der Waals surface area contributed by atoms with Crippen LogP contribution in [0, 0.1) is 0 Å². The first-order chi connectivity index (χ1) is 14.1. The van der Waals surface area contributed by atoms with Gasteiger partial charge in [-0.15, -0.1) is 0 Å². The minimum absolute atomic E-state index is 0.289. The third kappa shape index (κ3) is 4.30. The molecule has 0 fully saturated rings. The highest BCUT2D eigenvalue weighted by atomic mass is 79.9. The Hall–Kier alpha value is -3.18. The maximum Gasteiger partial charge on any atom is 0.311 e. The van der Waals surface area contributed by atoms with Crippen LogP contribution in [0.2, 0.25) is 0 Å². The molecule has 0 amide bonds. The van der Waals surface area contributed by atoms with Crippen LogP contribution in [-0.2, 0) is 4.79 Å². The minimum atomic E-state index is -0.866. The number of carboxylic acid groups (broad SMARTS) is 1. The van der Waals surface area contributed by atoms with Gasteiger partial charge in [-0.2, -0.15) is 0 Å². The molecule has 2 N–H and O–H groups in total. The van der Waals surface area contributed by atoms with Crippen molar-refractivity contribution in [1.29, 1.82) is 0 Å². The molecule has 0 aliphatic heterocycles. The van der Waals surface area contributed by atoms with Crippen LogP contribution in [0.15, 0.2) is 94.5 Å². The first-order valence-corrected chi connectivity index (χ1v) is 10.1. The molecular formula is C24H19BrN2O2. The van der Waals surface area contributed by atoms with E-state index >= 15 is 0 Å². The highest BCUT2D eigenvalue weighted by Gasteiger charge is 2.25. The molecule has 0 radical (unpaired) electrons. The van der Waals surface area contributed by atoms with E-state index in [1.165, 1.54) is 0 Å². The predicted octanol–water partition coefficient (Wildman–Crippen LogP) is 6.31. The Kier molecular flexibility index (Phi) is 5.58. The number of halogens is 1. The summed E-state index contributed by atoms with van der Waals surface area (Å²) in [4.78, 5) is 20.2. The molecule has 0 bridgehead atoms. The fraction of sp³-hybridized carbons (Fsp3) is 0.0833. The van der Waals surface area contributed by atoms with Crippen LogP contribution in [0.5, 0.6) is 0 Å². The minimum Gasteiger partial charge on any atom is -0.481 e. The second kappa shape index (κ2) is 8.45. The van der Waals surface area contributed by atoms with E-state index in [2.05, 4.69) is 20.9 Å². The molecule has 1 atom stereocenters. The molecule has 0 saturated carbocycles. The Morgan fingerprint density at radius 1 is 0.966 bits per heavy atom. The third-order valence-corrected chi connectivity index (χ3v) is 5.42. The Labute approximate surface area is 177 Å². The van der Waals surface area contributed by atoms with Gasteiger partial charge in [0.25, 0.3) is 0 Å². The number of aromatic amines is 1. The number of aliphatic imine (C=N–C) groups is 1. The van der Waals surface area contributed by atoms with Gasteiger partial charge in [-0.05, 0) is 41.5 Å². The SMILES string of the molecule is O=C(O)[C@H](CC(=Nc1ccc(Br)cc1)c1ccccc1)c1c[nH]c2ccccc12. The Morgan fingerprint density at radius 2 is 1.66 bits per heavy atom. The van der Waals surface area contributed by atoms with Crippen molar-refractivity contribution in [2.45, 2.75) is 12.3 Å². The molecule has 0 spiro atoms. The first kappa shape index (κ1) is 19.2. The number of carboxylic acids is 1. The van der Waals surface area contributed by atoms with E-state index < -0.39 is 11.9 Å². The van der Waals surface area contributed by atoms with E-state index in [1.54, 1.807) is 6.20 Å². The van der Waals surface area contributed by atoms with Gasteiger partial charge in [-0.1, -0.05) is 64.5 Å². The fourth-order valence-electron chi connectivity index (χ4n) is 3.44. The van der Waals surface area contributed by atoms with E-state index in [0.29, 0.717) is 0 Å². The lowest BCUT2D eigenvalue weighted by Gasteiger charge is -2.15. The molecule has 1 aromatic heterocycles. The number of fused-ring (bicyclic) bond motifs is 1. The van der Waals surface area contributed by atoms with Gasteiger partial charge in [0.2, 0.25) is 0 Å². The van der Waals surface area contributed by atoms with Crippen LogP contribution in [0.25, 0.3) is 10.9 Å². The zero-order valence-corrected chi connectivity index (χ0v) is 17.1. The van der Waals surface area contributed by atoms with Gasteiger partial charge in [0.15, 0.2) is 0 Å². The van der Waals surface area contributed by atoms with Crippen LogP contribution in [-0.4, -0.2) is 21.8 Å². The number of carbonyl (C=O) groups is 1. The lowest BCUT2D eigenvalue weighted by molar-refractivity contribution is -0.138. The van der Waals surface area contributed by atoms with Crippen molar-refractivity contribution in [1.82, 2.24) is 4.98 Å². The smallest absolute Gasteiger partial charge is 0.311 e. The summed E-state index contributed by atoms with van der Waals surface area (Å²) >= 11 is 3.44. The van der Waals surface area contributed by atoms with Crippen LogP contribution < -0.4 is 0 Å². The van der Waals surface area contributed by atoms with Crippen molar-refractivity contribution in [3.63, 3.8) is 0 Å². The maximum absolute atomic E-state index is 12.2. The molecule has 5 heteroatoms. The molecule has 4 rings (SSSR count). The highest BCUT2D eigenvalue weighted by Crippen LogP contribution is 2.30. The number of nitrogens with zero attached hydrogens (tertiary/aromatic N) is 1. The van der Waals surface area contributed by atoms with Gasteiger partial charge in [0.05, 0.1) is 11.6 Å². The van der Waals surface area contributed by atoms with E-state index in [9.17, 15) is 9.90 Å². The molecule has 4 aromatic rings. The molecule has 0 saturated heterocycles. The van der Waals surface area contributed by atoms with Crippen molar-refractivity contribution in [2.75, 3.05) is 0 Å². The highest BCUT2D eigenvalue weighted by molar-refractivity contribution is 9.10. The summed E-state index contributed by atoms with van der Waals surface area (Å²) in [5, 5.41) is 11.0. The lowest BCUT2D eigenvalue weighted by atomic mass is 9.90. The standard InChI is InChI=1S/C24H19BrN2O2/c25-17-10-12-18(13-11-17)27-23(16-6-2-1-3-7-16)14-20(24(28)29)21-15-26-22-9-5-4-8-19(21)22/h1-13,15,20,26H,14H2,(H,28,29)/t20-/m1/s1. The van der Waals surface area contributed by atoms with Gasteiger partial charge < -0.3 is 10.1 Å². The molecule has 0 aliphatic carbocycles. The number of rotatable bonds is 6. The monoisotopic (exact) mass is 446 g/mol. The lowest BCUT2D eigenvalue weighted by Crippen LogP contribution is -2.16. The number of hydrogen-bond acceptors (Lipinski definition) is 2. The van der Waals surface area contributed by atoms with Gasteiger partial charge in [-0.25, -0.2) is 0 Å². The van der Waals surface area contributed by atoms with Gasteiger partial charge in [0.1, 0.15) is 0 Å². The molecular weight excluding hydrogens is 428 g/mol. The largest absolute Gasteiger partial charge is 0.481 e. The summed E-state index contributed by atoms with van der Waals surface area (Å²) in [6.07, 6.45) is 2.09. The normalized spacial score (nSPS) is 12.8. The summed E-state index contributed by atoms with van der Waals surface area (Å²) in [6, 6.07) is 25.2. The van der Waals surface area contributed by atoms with Crippen molar-refractivity contribution >= 4 is 44.2 Å². The summed E-state index contributed by atoms with van der Waals surface area (Å²) in [6.45, 7) is 0. The molecule has 4 nitrogen and oxygen atoms in total. The van der Waals surface area contributed by atoms with E-state index in [-0.39, 0.29) is 6.42 Å². The summed E-state index contributed by atoms with van der Waals surface area (Å²) < 4.78 is 0.972. The van der Waals surface area contributed by atoms with Gasteiger partial charge in [-0.3, -0.25) is 9.79 Å². The van der Waals surface area contributed by atoms with E-state index in [1.807, 2.05) is 78.9 Å². The van der Waals surface area contributed by atoms with E-state index in [4.69, 9.17) is 4.99 Å². The topological polar surface area (TPSA) is 65.4 Å². The van der Waals surface area contributed by atoms with Crippen molar-refractivity contribution < 1.29 is 9.90 Å². The molecule has 1 heterocycles. The van der Waals surface area contributed by atoms with Crippen molar-refractivity contribution in [2.24, 2.45) is 4.99 Å². The first-order valence-electron chi connectivity index (χ1n) is 9.29. The Balaban J connectivity index is 1.77.